The standard InChI is InChI=1S/C19H16N2O5/c1-3-26-19-14(7-5-9-17(19)25-2)10-15(12-20)18(22)13-6-4-8-16(11-13)21(23)24/h4-11H,3H2,1-2H3/b15-10+. The number of para-hydroxylation sites is 1. The molecule has 0 aliphatic carbocycles. The van der Waals surface area contributed by atoms with E-state index in [0.29, 0.717) is 23.7 Å². The Morgan fingerprint density at radius 2 is 2.04 bits per heavy atom. The molecule has 0 aliphatic heterocycles. The Morgan fingerprint density at radius 1 is 1.31 bits per heavy atom. The summed E-state index contributed by atoms with van der Waals surface area (Å²) >= 11 is 0. The van der Waals surface area contributed by atoms with E-state index >= 15 is 0 Å². The van der Waals surface area contributed by atoms with Crippen molar-refractivity contribution in [2.45, 2.75) is 6.92 Å². The summed E-state index contributed by atoms with van der Waals surface area (Å²) in [6.45, 7) is 2.18. The zero-order valence-corrected chi connectivity index (χ0v) is 14.3. The fourth-order valence-corrected chi connectivity index (χ4v) is 2.33. The van der Waals surface area contributed by atoms with Crippen molar-refractivity contribution in [1.82, 2.24) is 0 Å². The number of Topliss-reactive ketones (excluding diaryl/α,β-unsaturated/α-hetero) is 1. The molecule has 2 aromatic carbocycles. The molecule has 0 radical (unpaired) electrons. The lowest BCUT2D eigenvalue weighted by Crippen LogP contribution is -2.03. The summed E-state index contributed by atoms with van der Waals surface area (Å²) in [4.78, 5) is 22.9. The molecule has 0 unspecified atom stereocenters. The van der Waals surface area contributed by atoms with Crippen molar-refractivity contribution in [3.8, 4) is 17.6 Å². The molecule has 0 heterocycles. The van der Waals surface area contributed by atoms with Crippen LogP contribution in [0.2, 0.25) is 0 Å². The predicted octanol–water partition coefficient (Wildman–Crippen LogP) is 3.79. The molecule has 0 spiro atoms. The maximum absolute atomic E-state index is 12.6. The molecule has 7 nitrogen and oxygen atoms in total. The zero-order chi connectivity index (χ0) is 19.1. The highest BCUT2D eigenvalue weighted by molar-refractivity contribution is 6.14. The highest BCUT2D eigenvalue weighted by Crippen LogP contribution is 2.33. The van der Waals surface area contributed by atoms with Gasteiger partial charge in [-0.3, -0.25) is 14.9 Å². The van der Waals surface area contributed by atoms with Gasteiger partial charge in [0.1, 0.15) is 11.6 Å². The Balaban J connectivity index is 2.49. The molecule has 0 aliphatic rings. The molecular formula is C19H16N2O5. The van der Waals surface area contributed by atoms with Gasteiger partial charge in [0.05, 0.1) is 18.6 Å². The number of hydrogen-bond donors (Lipinski definition) is 0. The van der Waals surface area contributed by atoms with Crippen molar-refractivity contribution in [1.29, 1.82) is 5.26 Å². The number of carbonyl (C=O) groups is 1. The molecule has 0 N–H and O–H groups in total. The van der Waals surface area contributed by atoms with E-state index in [9.17, 15) is 20.2 Å². The second-order valence-corrected chi connectivity index (χ2v) is 5.12. The van der Waals surface area contributed by atoms with Crippen LogP contribution in [-0.2, 0) is 0 Å². The number of ether oxygens (including phenoxy) is 2. The lowest BCUT2D eigenvalue weighted by atomic mass is 10.0. The lowest BCUT2D eigenvalue weighted by molar-refractivity contribution is -0.384. The third kappa shape index (κ3) is 4.05. The molecule has 2 aromatic rings. The van der Waals surface area contributed by atoms with Crippen molar-refractivity contribution >= 4 is 17.5 Å². The van der Waals surface area contributed by atoms with Gasteiger partial charge in [-0.05, 0) is 19.1 Å². The highest BCUT2D eigenvalue weighted by Gasteiger charge is 2.17. The molecule has 0 aromatic heterocycles. The van der Waals surface area contributed by atoms with Crippen molar-refractivity contribution in [3.05, 3.63) is 69.3 Å². The maximum Gasteiger partial charge on any atom is 0.270 e. The lowest BCUT2D eigenvalue weighted by Gasteiger charge is -2.12. The summed E-state index contributed by atoms with van der Waals surface area (Å²) in [6.07, 6.45) is 1.38. The normalized spacial score (nSPS) is 10.7. The molecule has 7 heteroatoms. The van der Waals surface area contributed by atoms with E-state index in [1.165, 1.54) is 31.4 Å². The Labute approximate surface area is 150 Å². The number of nitro groups is 1. The average molecular weight is 352 g/mol. The topological polar surface area (TPSA) is 102 Å². The fraction of sp³-hybridized carbons (Fsp3) is 0.158. The van der Waals surface area contributed by atoms with Gasteiger partial charge >= 0.3 is 0 Å². The van der Waals surface area contributed by atoms with Gasteiger partial charge in [-0.1, -0.05) is 24.3 Å². The van der Waals surface area contributed by atoms with Crippen LogP contribution >= 0.6 is 0 Å². The summed E-state index contributed by atoms with van der Waals surface area (Å²) < 4.78 is 10.8. The van der Waals surface area contributed by atoms with Crippen LogP contribution in [-0.4, -0.2) is 24.4 Å². The molecule has 0 fully saturated rings. The number of non-ortho nitro benzene ring substituents is 1. The number of carbonyl (C=O) groups excluding carboxylic acids is 1. The number of hydrogen-bond acceptors (Lipinski definition) is 6. The quantitative estimate of drug-likeness (QED) is 0.247. The minimum absolute atomic E-state index is 0.0628. The molecule has 26 heavy (non-hydrogen) atoms. The van der Waals surface area contributed by atoms with E-state index in [1.54, 1.807) is 25.1 Å². The summed E-state index contributed by atoms with van der Waals surface area (Å²) in [5, 5.41) is 20.3. The number of allylic oxidation sites excluding steroid dienone is 1. The smallest absolute Gasteiger partial charge is 0.270 e. The summed E-state index contributed by atoms with van der Waals surface area (Å²) in [5.74, 6) is 0.277. The van der Waals surface area contributed by atoms with Crippen molar-refractivity contribution in [2.24, 2.45) is 0 Å². The van der Waals surface area contributed by atoms with Gasteiger partial charge < -0.3 is 9.47 Å². The Hall–Kier alpha value is -3.66. The Bertz CT molecular complexity index is 912. The third-order valence-corrected chi connectivity index (χ3v) is 3.50. The molecule has 132 valence electrons. The number of nitriles is 1. The maximum atomic E-state index is 12.6. The molecular weight excluding hydrogens is 336 g/mol. The highest BCUT2D eigenvalue weighted by atomic mass is 16.6. The van der Waals surface area contributed by atoms with Crippen LogP contribution in [0.25, 0.3) is 6.08 Å². The van der Waals surface area contributed by atoms with Gasteiger partial charge in [0.2, 0.25) is 5.78 Å². The minimum Gasteiger partial charge on any atom is -0.493 e. The first-order valence-corrected chi connectivity index (χ1v) is 7.72. The first-order chi connectivity index (χ1) is 12.5. The van der Waals surface area contributed by atoms with Gasteiger partial charge in [0.25, 0.3) is 5.69 Å². The van der Waals surface area contributed by atoms with Crippen molar-refractivity contribution in [3.63, 3.8) is 0 Å². The predicted molar refractivity (Wildman–Crippen MR) is 95.2 cm³/mol. The average Bonchev–Trinajstić information content (AvgIpc) is 2.66. The van der Waals surface area contributed by atoms with E-state index in [0.717, 1.165) is 6.07 Å². The molecule has 2 rings (SSSR count). The van der Waals surface area contributed by atoms with Crippen molar-refractivity contribution in [2.75, 3.05) is 13.7 Å². The van der Waals surface area contributed by atoms with Crippen LogP contribution in [0.15, 0.2) is 48.0 Å². The van der Waals surface area contributed by atoms with Crippen LogP contribution in [0.1, 0.15) is 22.8 Å². The van der Waals surface area contributed by atoms with Crippen LogP contribution < -0.4 is 9.47 Å². The minimum atomic E-state index is -0.610. The fourth-order valence-electron chi connectivity index (χ4n) is 2.33. The largest absolute Gasteiger partial charge is 0.493 e. The summed E-state index contributed by atoms with van der Waals surface area (Å²) in [6, 6.07) is 12.2. The van der Waals surface area contributed by atoms with Crippen LogP contribution in [0.4, 0.5) is 5.69 Å². The van der Waals surface area contributed by atoms with Gasteiger partial charge in [0.15, 0.2) is 11.5 Å². The van der Waals surface area contributed by atoms with E-state index in [1.807, 2.05) is 6.07 Å². The van der Waals surface area contributed by atoms with E-state index in [2.05, 4.69) is 0 Å². The van der Waals surface area contributed by atoms with Gasteiger partial charge in [0, 0.05) is 23.3 Å². The second-order valence-electron chi connectivity index (χ2n) is 5.12. The Kier molecular flexibility index (Phi) is 6.06. The van der Waals surface area contributed by atoms with Crippen LogP contribution in [0, 0.1) is 21.4 Å². The molecule has 0 saturated carbocycles. The SMILES string of the molecule is CCOc1c(/C=C(\C#N)C(=O)c2cccc([N+](=O)[O-])c2)cccc1OC. The first-order valence-electron chi connectivity index (χ1n) is 7.72. The van der Waals surface area contributed by atoms with Crippen LogP contribution in [0.5, 0.6) is 11.5 Å². The molecule has 0 atom stereocenters. The monoisotopic (exact) mass is 352 g/mol. The summed E-state index contributed by atoms with van der Waals surface area (Å²) in [7, 11) is 1.49. The number of methoxy groups -OCH3 is 1. The van der Waals surface area contributed by atoms with E-state index < -0.39 is 10.7 Å². The summed E-state index contributed by atoms with van der Waals surface area (Å²) in [5.41, 5.74) is 0.179. The van der Waals surface area contributed by atoms with E-state index in [4.69, 9.17) is 9.47 Å². The van der Waals surface area contributed by atoms with Gasteiger partial charge in [-0.25, -0.2) is 0 Å². The molecule has 0 amide bonds. The molecule has 0 bridgehead atoms. The third-order valence-electron chi connectivity index (χ3n) is 3.50. The number of nitrogens with zero attached hydrogens (tertiary/aromatic N) is 2. The van der Waals surface area contributed by atoms with Crippen molar-refractivity contribution < 1.29 is 19.2 Å². The number of ketones is 1. The number of nitro benzene ring substituents is 1. The first kappa shape index (κ1) is 18.7. The van der Waals surface area contributed by atoms with E-state index in [-0.39, 0.29) is 16.8 Å². The Morgan fingerprint density at radius 3 is 2.65 bits per heavy atom. The number of rotatable bonds is 7. The second kappa shape index (κ2) is 8.44. The van der Waals surface area contributed by atoms with Gasteiger partial charge in [-0.15, -0.1) is 0 Å². The number of benzene rings is 2. The van der Waals surface area contributed by atoms with Crippen LogP contribution in [0.3, 0.4) is 0 Å². The molecule has 0 saturated heterocycles. The van der Waals surface area contributed by atoms with Gasteiger partial charge in [-0.2, -0.15) is 5.26 Å². The zero-order valence-electron chi connectivity index (χ0n) is 14.3.